The van der Waals surface area contributed by atoms with Crippen molar-refractivity contribution in [3.63, 3.8) is 0 Å². The van der Waals surface area contributed by atoms with Gasteiger partial charge in [0.15, 0.2) is 0 Å². The lowest BCUT2D eigenvalue weighted by Crippen LogP contribution is -2.48. The van der Waals surface area contributed by atoms with Crippen LogP contribution in [0.1, 0.15) is 42.9 Å². The van der Waals surface area contributed by atoms with E-state index >= 15 is 0 Å². The third kappa shape index (κ3) is 3.43. The van der Waals surface area contributed by atoms with Gasteiger partial charge in [-0.3, -0.25) is 10.4 Å². The molecule has 0 bridgehead atoms. The van der Waals surface area contributed by atoms with Crippen LogP contribution in [0.4, 0.5) is 0 Å². The van der Waals surface area contributed by atoms with E-state index in [4.69, 9.17) is 0 Å². The van der Waals surface area contributed by atoms with Gasteiger partial charge in [0, 0.05) is 12.6 Å². The minimum Gasteiger partial charge on any atom is -0.507 e. The summed E-state index contributed by atoms with van der Waals surface area (Å²) in [6, 6.07) is 16.0. The van der Waals surface area contributed by atoms with Crippen LogP contribution in [-0.2, 0) is 11.8 Å². The number of rotatable bonds is 5. The fourth-order valence-electron chi connectivity index (χ4n) is 3.38. The van der Waals surface area contributed by atoms with E-state index in [1.54, 1.807) is 25.4 Å². The Morgan fingerprint density at radius 2 is 1.88 bits per heavy atom. The normalized spacial score (nSPS) is 16.6. The van der Waals surface area contributed by atoms with Crippen LogP contribution in [0.25, 0.3) is 0 Å². The van der Waals surface area contributed by atoms with Gasteiger partial charge in [0.1, 0.15) is 11.6 Å². The average molecular weight is 335 g/mol. The average Bonchev–Trinajstić information content (AvgIpc) is 2.61. The molecule has 0 atom stereocenters. The Morgan fingerprint density at radius 1 is 1.16 bits per heavy atom. The first kappa shape index (κ1) is 17.2. The summed E-state index contributed by atoms with van der Waals surface area (Å²) >= 11 is 0. The summed E-state index contributed by atoms with van der Waals surface area (Å²) in [5.74, 6) is 1.10. The number of phenols is 1. The van der Waals surface area contributed by atoms with Gasteiger partial charge in [0.2, 0.25) is 0 Å². The Labute approximate surface area is 149 Å². The monoisotopic (exact) mass is 335 g/mol. The molecule has 4 heteroatoms. The number of hydrogen-bond donors (Lipinski definition) is 2. The molecule has 2 aromatic rings. The Hall–Kier alpha value is -2.62. The van der Waals surface area contributed by atoms with Crippen molar-refractivity contribution in [3.05, 3.63) is 65.2 Å². The minimum atomic E-state index is -0.0723. The molecular formula is C21H25N3O. The zero-order valence-electron chi connectivity index (χ0n) is 14.9. The number of hydrazone groups is 1. The number of aliphatic imine (C=N–C) groups is 1. The lowest BCUT2D eigenvalue weighted by Gasteiger charge is -2.42. The van der Waals surface area contributed by atoms with Crippen molar-refractivity contribution in [1.82, 2.24) is 5.43 Å². The van der Waals surface area contributed by atoms with E-state index < -0.39 is 0 Å². The van der Waals surface area contributed by atoms with E-state index in [-0.39, 0.29) is 11.2 Å². The molecule has 0 heterocycles. The molecule has 0 aliphatic heterocycles. The molecule has 1 saturated carbocycles. The van der Waals surface area contributed by atoms with Crippen molar-refractivity contribution in [2.75, 3.05) is 7.05 Å². The number of nitrogens with one attached hydrogen (secondary N) is 1. The standard InChI is InChI=1S/C21H25N3O/c1-3-16-9-11-18(12-10-16)21(13-6-14-21)20(22-2)24-23-15-17-7-4-5-8-19(17)25/h4-5,7-12,15,25H,3,6,13-14H2,1-2H3,(H,22,24)/b23-15+. The van der Waals surface area contributed by atoms with Crippen LogP contribution in [0.5, 0.6) is 5.75 Å². The van der Waals surface area contributed by atoms with Crippen LogP contribution in [0, 0.1) is 0 Å². The highest BCUT2D eigenvalue weighted by Crippen LogP contribution is 2.44. The van der Waals surface area contributed by atoms with E-state index in [2.05, 4.69) is 46.7 Å². The van der Waals surface area contributed by atoms with Gasteiger partial charge in [0.25, 0.3) is 0 Å². The van der Waals surface area contributed by atoms with Crippen LogP contribution in [-0.4, -0.2) is 24.2 Å². The van der Waals surface area contributed by atoms with Gasteiger partial charge in [-0.15, -0.1) is 0 Å². The summed E-state index contributed by atoms with van der Waals surface area (Å²) < 4.78 is 0. The molecule has 3 rings (SSSR count). The zero-order chi connectivity index (χ0) is 17.7. The van der Waals surface area contributed by atoms with Gasteiger partial charge >= 0.3 is 0 Å². The Balaban J connectivity index is 1.79. The van der Waals surface area contributed by atoms with Crippen LogP contribution in [0.2, 0.25) is 0 Å². The summed E-state index contributed by atoms with van der Waals surface area (Å²) in [6.45, 7) is 2.17. The molecular weight excluding hydrogens is 310 g/mol. The first-order valence-corrected chi connectivity index (χ1v) is 8.83. The minimum absolute atomic E-state index is 0.0723. The van der Waals surface area contributed by atoms with Gasteiger partial charge in [-0.1, -0.05) is 49.7 Å². The second-order valence-corrected chi connectivity index (χ2v) is 6.49. The number of para-hydroxylation sites is 1. The number of hydrogen-bond acceptors (Lipinski definition) is 3. The summed E-state index contributed by atoms with van der Waals surface area (Å²) in [7, 11) is 1.80. The summed E-state index contributed by atoms with van der Waals surface area (Å²) in [4.78, 5) is 4.48. The van der Waals surface area contributed by atoms with Crippen LogP contribution in [0.3, 0.4) is 0 Å². The summed E-state index contributed by atoms with van der Waals surface area (Å²) in [6.07, 6.45) is 6.02. The topological polar surface area (TPSA) is 57.0 Å². The Kier molecular flexibility index (Phi) is 5.17. The molecule has 1 aliphatic carbocycles. The highest BCUT2D eigenvalue weighted by molar-refractivity contribution is 5.95. The zero-order valence-corrected chi connectivity index (χ0v) is 14.9. The fourth-order valence-corrected chi connectivity index (χ4v) is 3.38. The largest absolute Gasteiger partial charge is 0.507 e. The van der Waals surface area contributed by atoms with Crippen molar-refractivity contribution in [2.45, 2.75) is 38.0 Å². The van der Waals surface area contributed by atoms with Gasteiger partial charge < -0.3 is 5.11 Å². The Morgan fingerprint density at radius 3 is 2.44 bits per heavy atom. The third-order valence-corrected chi connectivity index (χ3v) is 5.11. The molecule has 0 radical (unpaired) electrons. The van der Waals surface area contributed by atoms with E-state index in [0.29, 0.717) is 5.56 Å². The highest BCUT2D eigenvalue weighted by Gasteiger charge is 2.43. The SMILES string of the molecule is CCc1ccc(C2(C(=NC)N/N=C/c3ccccc3O)CCC2)cc1. The second-order valence-electron chi connectivity index (χ2n) is 6.49. The van der Waals surface area contributed by atoms with Crippen LogP contribution < -0.4 is 5.43 Å². The molecule has 0 aromatic heterocycles. The molecule has 2 aromatic carbocycles. The molecule has 0 saturated heterocycles. The number of nitrogens with zero attached hydrogens (tertiary/aromatic N) is 2. The maximum Gasteiger partial charge on any atom is 0.127 e. The maximum absolute atomic E-state index is 9.83. The van der Waals surface area contributed by atoms with E-state index in [0.717, 1.165) is 25.1 Å². The van der Waals surface area contributed by atoms with Gasteiger partial charge in [-0.05, 0) is 42.5 Å². The highest BCUT2D eigenvalue weighted by atomic mass is 16.3. The lowest BCUT2D eigenvalue weighted by atomic mass is 9.63. The first-order chi connectivity index (χ1) is 12.2. The number of benzene rings is 2. The molecule has 1 aliphatic rings. The second kappa shape index (κ2) is 7.51. The number of aromatic hydroxyl groups is 1. The smallest absolute Gasteiger partial charge is 0.127 e. The van der Waals surface area contributed by atoms with E-state index in [1.807, 2.05) is 12.1 Å². The molecule has 1 fully saturated rings. The quantitative estimate of drug-likeness (QED) is 0.492. The molecule has 130 valence electrons. The Bertz CT molecular complexity index is 774. The number of phenolic OH excluding ortho intramolecular Hbond substituents is 1. The molecule has 0 unspecified atom stereocenters. The molecule has 25 heavy (non-hydrogen) atoms. The number of aryl methyl sites for hydroxylation is 1. The summed E-state index contributed by atoms with van der Waals surface area (Å²) in [5.41, 5.74) is 6.37. The van der Waals surface area contributed by atoms with Crippen molar-refractivity contribution >= 4 is 12.1 Å². The first-order valence-electron chi connectivity index (χ1n) is 8.83. The van der Waals surface area contributed by atoms with E-state index in [9.17, 15) is 5.11 Å². The molecule has 0 amide bonds. The third-order valence-electron chi connectivity index (χ3n) is 5.11. The van der Waals surface area contributed by atoms with Gasteiger partial charge in [0.05, 0.1) is 11.6 Å². The predicted molar refractivity (Wildman–Crippen MR) is 104 cm³/mol. The van der Waals surface area contributed by atoms with Crippen molar-refractivity contribution in [1.29, 1.82) is 0 Å². The van der Waals surface area contributed by atoms with Gasteiger partial charge in [-0.25, -0.2) is 0 Å². The number of amidine groups is 1. The maximum atomic E-state index is 9.83. The predicted octanol–water partition coefficient (Wildman–Crippen LogP) is 4.03. The van der Waals surface area contributed by atoms with Crippen molar-refractivity contribution in [3.8, 4) is 5.75 Å². The van der Waals surface area contributed by atoms with Crippen LogP contribution >= 0.6 is 0 Å². The van der Waals surface area contributed by atoms with Crippen LogP contribution in [0.15, 0.2) is 58.6 Å². The van der Waals surface area contributed by atoms with Gasteiger partial charge in [-0.2, -0.15) is 5.10 Å². The summed E-state index contributed by atoms with van der Waals surface area (Å²) in [5, 5.41) is 14.1. The van der Waals surface area contributed by atoms with Crippen molar-refractivity contribution < 1.29 is 5.11 Å². The lowest BCUT2D eigenvalue weighted by molar-refractivity contribution is 0.332. The molecule has 0 spiro atoms. The fraction of sp³-hybridized carbons (Fsp3) is 0.333. The van der Waals surface area contributed by atoms with E-state index in [1.165, 1.54) is 17.5 Å². The molecule has 2 N–H and O–H groups in total. The van der Waals surface area contributed by atoms with Crippen molar-refractivity contribution in [2.24, 2.45) is 10.1 Å². The molecule has 4 nitrogen and oxygen atoms in total.